The van der Waals surface area contributed by atoms with Crippen LogP contribution in [0.3, 0.4) is 0 Å². The van der Waals surface area contributed by atoms with Crippen LogP contribution in [0.25, 0.3) is 0 Å². The zero-order valence-electron chi connectivity index (χ0n) is 11.9. The van der Waals surface area contributed by atoms with Crippen LogP contribution in [0.5, 0.6) is 0 Å². The van der Waals surface area contributed by atoms with E-state index in [9.17, 15) is 0 Å². The Morgan fingerprint density at radius 2 is 2.00 bits per heavy atom. The minimum Gasteiger partial charge on any atom is -0.313 e. The fourth-order valence-electron chi connectivity index (χ4n) is 1.95. The highest BCUT2D eigenvalue weighted by Gasteiger charge is 2.02. The second-order valence-corrected chi connectivity index (χ2v) is 6.27. The van der Waals surface area contributed by atoms with Crippen LogP contribution in [0.2, 0.25) is 5.02 Å². The number of aryl methyl sites for hydroxylation is 1. The first-order valence-corrected chi connectivity index (χ1v) is 8.23. The molecule has 0 radical (unpaired) electrons. The molecule has 0 saturated heterocycles. The van der Waals surface area contributed by atoms with Crippen LogP contribution in [-0.4, -0.2) is 6.54 Å². The lowest BCUT2D eigenvalue weighted by atomic mass is 10.2. The van der Waals surface area contributed by atoms with Crippen molar-refractivity contribution in [3.05, 3.63) is 64.2 Å². The average Bonchev–Trinajstić information content (AvgIpc) is 2.45. The highest BCUT2D eigenvalue weighted by Crippen LogP contribution is 2.27. The van der Waals surface area contributed by atoms with Crippen molar-refractivity contribution in [2.45, 2.75) is 31.0 Å². The molecule has 1 N–H and O–H groups in total. The fourth-order valence-corrected chi connectivity index (χ4v) is 3.31. The number of halogens is 1. The van der Waals surface area contributed by atoms with E-state index in [1.807, 2.05) is 17.8 Å². The predicted molar refractivity (Wildman–Crippen MR) is 89.6 cm³/mol. The molecule has 0 bridgehead atoms. The van der Waals surface area contributed by atoms with Gasteiger partial charge in [0.15, 0.2) is 0 Å². The van der Waals surface area contributed by atoms with E-state index in [0.29, 0.717) is 0 Å². The summed E-state index contributed by atoms with van der Waals surface area (Å²) in [7, 11) is 0. The third kappa shape index (κ3) is 4.55. The molecule has 0 aliphatic heterocycles. The number of benzene rings is 2. The van der Waals surface area contributed by atoms with Crippen LogP contribution in [0.15, 0.2) is 47.4 Å². The van der Waals surface area contributed by atoms with Gasteiger partial charge >= 0.3 is 0 Å². The van der Waals surface area contributed by atoms with Gasteiger partial charge in [0, 0.05) is 22.2 Å². The zero-order chi connectivity index (χ0) is 14.4. The molecular weight excluding hydrogens is 286 g/mol. The van der Waals surface area contributed by atoms with Crippen molar-refractivity contribution >= 4 is 23.4 Å². The summed E-state index contributed by atoms with van der Waals surface area (Å²) in [5.41, 5.74) is 3.72. The van der Waals surface area contributed by atoms with Gasteiger partial charge in [-0.25, -0.2) is 0 Å². The molecule has 2 aromatic carbocycles. The Balaban J connectivity index is 1.99. The standard InChI is InChI=1S/C17H20ClNS/c1-3-19-11-14-5-4-6-16(10-14)20-12-15-8-7-13(2)9-17(15)18/h4-10,19H,3,11-12H2,1-2H3. The summed E-state index contributed by atoms with van der Waals surface area (Å²) in [4.78, 5) is 1.29. The Labute approximate surface area is 130 Å². The van der Waals surface area contributed by atoms with Gasteiger partial charge in [0.05, 0.1) is 0 Å². The van der Waals surface area contributed by atoms with Crippen LogP contribution < -0.4 is 5.32 Å². The molecule has 2 aromatic rings. The Hall–Kier alpha value is -0.960. The molecule has 0 saturated carbocycles. The van der Waals surface area contributed by atoms with E-state index in [2.05, 4.69) is 55.6 Å². The largest absolute Gasteiger partial charge is 0.313 e. The van der Waals surface area contributed by atoms with Crippen LogP contribution in [0.1, 0.15) is 23.6 Å². The summed E-state index contributed by atoms with van der Waals surface area (Å²) in [5.74, 6) is 0.907. The van der Waals surface area contributed by atoms with Crippen molar-refractivity contribution in [1.82, 2.24) is 5.32 Å². The Morgan fingerprint density at radius 3 is 2.75 bits per heavy atom. The molecule has 0 unspecified atom stereocenters. The second-order valence-electron chi connectivity index (χ2n) is 4.81. The highest BCUT2D eigenvalue weighted by atomic mass is 35.5. The first kappa shape index (κ1) is 15.4. The highest BCUT2D eigenvalue weighted by molar-refractivity contribution is 7.98. The van der Waals surface area contributed by atoms with Gasteiger partial charge in [-0.3, -0.25) is 0 Å². The molecule has 0 aliphatic rings. The van der Waals surface area contributed by atoms with Gasteiger partial charge in [-0.1, -0.05) is 42.8 Å². The van der Waals surface area contributed by atoms with Crippen LogP contribution in [0.4, 0.5) is 0 Å². The summed E-state index contributed by atoms with van der Waals surface area (Å²) in [6, 6.07) is 14.9. The van der Waals surface area contributed by atoms with Crippen LogP contribution >= 0.6 is 23.4 Å². The summed E-state index contributed by atoms with van der Waals surface area (Å²) in [6.45, 7) is 6.11. The molecule has 106 valence electrons. The van der Waals surface area contributed by atoms with Gasteiger partial charge in [-0.05, 0) is 48.4 Å². The summed E-state index contributed by atoms with van der Waals surface area (Å²) < 4.78 is 0. The lowest BCUT2D eigenvalue weighted by molar-refractivity contribution is 0.725. The first-order valence-electron chi connectivity index (χ1n) is 6.86. The van der Waals surface area contributed by atoms with E-state index in [0.717, 1.165) is 23.9 Å². The molecule has 0 aliphatic carbocycles. The number of thioether (sulfide) groups is 1. The van der Waals surface area contributed by atoms with Gasteiger partial charge in [0.2, 0.25) is 0 Å². The third-order valence-electron chi connectivity index (χ3n) is 3.08. The second kappa shape index (κ2) is 7.72. The van der Waals surface area contributed by atoms with E-state index < -0.39 is 0 Å². The predicted octanol–water partition coefficient (Wildman–Crippen LogP) is 5.05. The van der Waals surface area contributed by atoms with E-state index in [-0.39, 0.29) is 0 Å². The summed E-state index contributed by atoms with van der Waals surface area (Å²) in [6.07, 6.45) is 0. The van der Waals surface area contributed by atoms with Crippen LogP contribution in [-0.2, 0) is 12.3 Å². The molecule has 0 atom stereocenters. The molecular formula is C17H20ClNS. The molecule has 0 amide bonds. The number of rotatable bonds is 6. The number of hydrogen-bond acceptors (Lipinski definition) is 2. The zero-order valence-corrected chi connectivity index (χ0v) is 13.5. The number of hydrogen-bond donors (Lipinski definition) is 1. The maximum Gasteiger partial charge on any atom is 0.0449 e. The van der Waals surface area contributed by atoms with Gasteiger partial charge < -0.3 is 5.32 Å². The Kier molecular flexibility index (Phi) is 5.96. The van der Waals surface area contributed by atoms with Gasteiger partial charge in [-0.15, -0.1) is 11.8 Å². The van der Waals surface area contributed by atoms with E-state index in [1.54, 1.807) is 0 Å². The molecule has 0 spiro atoms. The molecule has 0 heterocycles. The minimum atomic E-state index is 0.862. The number of nitrogens with one attached hydrogen (secondary N) is 1. The normalized spacial score (nSPS) is 10.8. The Bertz CT molecular complexity index is 569. The molecule has 20 heavy (non-hydrogen) atoms. The van der Waals surface area contributed by atoms with Gasteiger partial charge in [0.1, 0.15) is 0 Å². The van der Waals surface area contributed by atoms with E-state index in [1.165, 1.54) is 21.6 Å². The topological polar surface area (TPSA) is 12.0 Å². The van der Waals surface area contributed by atoms with Crippen molar-refractivity contribution in [2.24, 2.45) is 0 Å². The molecule has 0 aromatic heterocycles. The lowest BCUT2D eigenvalue weighted by Gasteiger charge is -2.07. The van der Waals surface area contributed by atoms with Crippen molar-refractivity contribution in [3.63, 3.8) is 0 Å². The fraction of sp³-hybridized carbons (Fsp3) is 0.294. The van der Waals surface area contributed by atoms with Crippen molar-refractivity contribution in [3.8, 4) is 0 Å². The monoisotopic (exact) mass is 305 g/mol. The Morgan fingerprint density at radius 1 is 1.15 bits per heavy atom. The van der Waals surface area contributed by atoms with Crippen molar-refractivity contribution < 1.29 is 0 Å². The van der Waals surface area contributed by atoms with Crippen molar-refractivity contribution in [1.29, 1.82) is 0 Å². The van der Waals surface area contributed by atoms with E-state index in [4.69, 9.17) is 11.6 Å². The van der Waals surface area contributed by atoms with Gasteiger partial charge in [0.25, 0.3) is 0 Å². The van der Waals surface area contributed by atoms with E-state index >= 15 is 0 Å². The molecule has 2 rings (SSSR count). The van der Waals surface area contributed by atoms with Gasteiger partial charge in [-0.2, -0.15) is 0 Å². The van der Waals surface area contributed by atoms with Crippen LogP contribution in [0, 0.1) is 6.92 Å². The maximum atomic E-state index is 6.27. The summed E-state index contributed by atoms with van der Waals surface area (Å²) in [5, 5.41) is 4.21. The average molecular weight is 306 g/mol. The molecule has 1 nitrogen and oxygen atoms in total. The lowest BCUT2D eigenvalue weighted by Crippen LogP contribution is -2.11. The minimum absolute atomic E-state index is 0.862. The third-order valence-corrected chi connectivity index (χ3v) is 4.47. The quantitative estimate of drug-likeness (QED) is 0.749. The summed E-state index contributed by atoms with van der Waals surface area (Å²) >= 11 is 8.10. The smallest absolute Gasteiger partial charge is 0.0449 e. The maximum absolute atomic E-state index is 6.27. The first-order chi connectivity index (χ1) is 9.69. The molecule has 0 fully saturated rings. The molecule has 3 heteroatoms. The SMILES string of the molecule is CCNCc1cccc(SCc2ccc(C)cc2Cl)c1. The van der Waals surface area contributed by atoms with Crippen molar-refractivity contribution in [2.75, 3.05) is 6.54 Å².